The van der Waals surface area contributed by atoms with Crippen LogP contribution in [0.25, 0.3) is 10.6 Å². The minimum absolute atomic E-state index is 0.645. The molecule has 0 spiro atoms. The highest BCUT2D eigenvalue weighted by Gasteiger charge is 2.11. The van der Waals surface area contributed by atoms with Gasteiger partial charge in [0.1, 0.15) is 5.69 Å². The van der Waals surface area contributed by atoms with Crippen molar-refractivity contribution in [2.75, 3.05) is 0 Å². The number of halogens is 1. The van der Waals surface area contributed by atoms with Crippen molar-refractivity contribution in [2.24, 2.45) is 0 Å². The van der Waals surface area contributed by atoms with E-state index in [0.717, 1.165) is 27.2 Å². The van der Waals surface area contributed by atoms with Gasteiger partial charge in [-0.15, -0.1) is 11.3 Å². The molecule has 3 nitrogen and oxygen atoms in total. The second-order valence-electron chi connectivity index (χ2n) is 3.01. The minimum Gasteiger partial charge on any atom is -0.298 e. The van der Waals surface area contributed by atoms with Crippen LogP contribution in [0, 0.1) is 0 Å². The van der Waals surface area contributed by atoms with Crippen LogP contribution in [0.2, 0.25) is 0 Å². The summed E-state index contributed by atoms with van der Waals surface area (Å²) in [5.41, 5.74) is 1.41. The maximum absolute atomic E-state index is 10.9. The van der Waals surface area contributed by atoms with Gasteiger partial charge in [0.15, 0.2) is 6.29 Å². The van der Waals surface area contributed by atoms with E-state index in [1.807, 2.05) is 19.1 Å². The Bertz CT molecular complexity index is 489. The van der Waals surface area contributed by atoms with Crippen LogP contribution in [-0.4, -0.2) is 16.1 Å². The Balaban J connectivity index is 2.51. The van der Waals surface area contributed by atoms with Gasteiger partial charge in [0.05, 0.1) is 14.2 Å². The molecule has 0 aliphatic rings. The third-order valence-electron chi connectivity index (χ3n) is 2.05. The summed E-state index contributed by atoms with van der Waals surface area (Å²) in [6, 6.07) is 3.92. The lowest BCUT2D eigenvalue weighted by Crippen LogP contribution is -1.93. The smallest absolute Gasteiger partial charge is 0.153 e. The maximum Gasteiger partial charge on any atom is 0.153 e. The summed E-state index contributed by atoms with van der Waals surface area (Å²) < 4.78 is 2.81. The van der Waals surface area contributed by atoms with Crippen molar-refractivity contribution in [3.8, 4) is 10.6 Å². The molecular formula is C10H9BrN2OS. The van der Waals surface area contributed by atoms with Gasteiger partial charge in [-0.2, -0.15) is 5.10 Å². The number of hydrogen-bond acceptors (Lipinski definition) is 3. The Labute approximate surface area is 99.9 Å². The Morgan fingerprint density at radius 3 is 2.93 bits per heavy atom. The first kappa shape index (κ1) is 10.6. The molecule has 0 saturated carbocycles. The topological polar surface area (TPSA) is 34.9 Å². The lowest BCUT2D eigenvalue weighted by Gasteiger charge is -1.92. The molecule has 0 aliphatic carbocycles. The molecule has 15 heavy (non-hydrogen) atoms. The average Bonchev–Trinajstić information content (AvgIpc) is 2.82. The van der Waals surface area contributed by atoms with Crippen LogP contribution in [0.3, 0.4) is 0 Å². The van der Waals surface area contributed by atoms with Crippen molar-refractivity contribution in [1.29, 1.82) is 0 Å². The van der Waals surface area contributed by atoms with E-state index < -0.39 is 0 Å². The van der Waals surface area contributed by atoms with Gasteiger partial charge in [0.25, 0.3) is 0 Å². The first-order valence-electron chi connectivity index (χ1n) is 4.53. The molecule has 0 unspecified atom stereocenters. The number of rotatable bonds is 3. The zero-order valence-electron chi connectivity index (χ0n) is 8.11. The number of nitrogens with zero attached hydrogens (tertiary/aromatic N) is 2. The Morgan fingerprint density at radius 2 is 2.40 bits per heavy atom. The van der Waals surface area contributed by atoms with Crippen molar-refractivity contribution in [3.05, 3.63) is 27.7 Å². The van der Waals surface area contributed by atoms with E-state index in [1.165, 1.54) is 0 Å². The molecule has 0 atom stereocenters. The number of hydrogen-bond donors (Lipinski definition) is 0. The summed E-state index contributed by atoms with van der Waals surface area (Å²) in [6.45, 7) is 2.77. The highest BCUT2D eigenvalue weighted by atomic mass is 79.9. The number of aryl methyl sites for hydroxylation is 1. The molecule has 2 heterocycles. The summed E-state index contributed by atoms with van der Waals surface area (Å²) >= 11 is 4.97. The van der Waals surface area contributed by atoms with Crippen LogP contribution >= 0.6 is 27.3 Å². The number of aromatic nitrogens is 2. The van der Waals surface area contributed by atoms with E-state index in [1.54, 1.807) is 22.2 Å². The molecule has 0 aromatic carbocycles. The summed E-state index contributed by atoms with van der Waals surface area (Å²) in [5.74, 6) is 0. The third-order valence-corrected chi connectivity index (χ3v) is 3.68. The fourth-order valence-electron chi connectivity index (χ4n) is 1.32. The summed E-state index contributed by atoms with van der Waals surface area (Å²) in [4.78, 5) is 11.9. The Morgan fingerprint density at radius 1 is 1.60 bits per heavy atom. The van der Waals surface area contributed by atoms with Crippen LogP contribution in [0.15, 0.2) is 22.1 Å². The molecule has 0 aliphatic heterocycles. The molecule has 2 aromatic heterocycles. The quantitative estimate of drug-likeness (QED) is 0.812. The molecular weight excluding hydrogens is 276 g/mol. The first-order valence-corrected chi connectivity index (χ1v) is 6.14. The van der Waals surface area contributed by atoms with E-state index in [4.69, 9.17) is 0 Å². The number of aldehydes is 1. The van der Waals surface area contributed by atoms with Crippen molar-refractivity contribution in [3.63, 3.8) is 0 Å². The lowest BCUT2D eigenvalue weighted by molar-refractivity contribution is 0.112. The van der Waals surface area contributed by atoms with Gasteiger partial charge in [-0.25, -0.2) is 0 Å². The fraction of sp³-hybridized carbons (Fsp3) is 0.200. The summed E-state index contributed by atoms with van der Waals surface area (Å²) in [6.07, 6.45) is 2.62. The van der Waals surface area contributed by atoms with Crippen LogP contribution in [0.4, 0.5) is 0 Å². The van der Waals surface area contributed by atoms with Gasteiger partial charge in [-0.1, -0.05) is 0 Å². The van der Waals surface area contributed by atoms with Crippen molar-refractivity contribution < 1.29 is 4.79 Å². The van der Waals surface area contributed by atoms with Crippen LogP contribution < -0.4 is 0 Å². The summed E-state index contributed by atoms with van der Waals surface area (Å²) in [7, 11) is 0. The van der Waals surface area contributed by atoms with E-state index in [-0.39, 0.29) is 0 Å². The molecule has 0 fully saturated rings. The molecule has 0 radical (unpaired) electrons. The molecule has 0 N–H and O–H groups in total. The van der Waals surface area contributed by atoms with Crippen molar-refractivity contribution >= 4 is 33.6 Å². The SMILES string of the molecule is CCn1cc(C=O)c(-c2ccc(Br)s2)n1. The van der Waals surface area contributed by atoms with Crippen LogP contribution in [-0.2, 0) is 6.54 Å². The van der Waals surface area contributed by atoms with E-state index >= 15 is 0 Å². The minimum atomic E-state index is 0.645. The zero-order valence-corrected chi connectivity index (χ0v) is 10.5. The van der Waals surface area contributed by atoms with Gasteiger partial charge in [-0.05, 0) is 35.0 Å². The van der Waals surface area contributed by atoms with Crippen molar-refractivity contribution in [2.45, 2.75) is 13.5 Å². The number of carbonyl (C=O) groups is 1. The molecule has 2 aromatic rings. The van der Waals surface area contributed by atoms with E-state index in [2.05, 4.69) is 21.0 Å². The normalized spacial score (nSPS) is 10.5. The molecule has 78 valence electrons. The largest absolute Gasteiger partial charge is 0.298 e. The van der Waals surface area contributed by atoms with E-state index in [0.29, 0.717) is 5.56 Å². The predicted molar refractivity (Wildman–Crippen MR) is 64.3 cm³/mol. The monoisotopic (exact) mass is 284 g/mol. The molecule has 2 rings (SSSR count). The summed E-state index contributed by atoms with van der Waals surface area (Å²) in [5, 5.41) is 4.36. The highest BCUT2D eigenvalue weighted by Crippen LogP contribution is 2.31. The van der Waals surface area contributed by atoms with Gasteiger partial charge in [0, 0.05) is 12.7 Å². The third kappa shape index (κ3) is 2.03. The van der Waals surface area contributed by atoms with Crippen LogP contribution in [0.5, 0.6) is 0 Å². The zero-order chi connectivity index (χ0) is 10.8. The standard InChI is InChI=1S/C10H9BrN2OS/c1-2-13-5-7(6-14)10(12-13)8-3-4-9(11)15-8/h3-6H,2H2,1H3. The second-order valence-corrected chi connectivity index (χ2v) is 5.47. The first-order chi connectivity index (χ1) is 7.24. The van der Waals surface area contributed by atoms with Gasteiger partial charge in [0.2, 0.25) is 0 Å². The number of carbonyl (C=O) groups excluding carboxylic acids is 1. The van der Waals surface area contributed by atoms with Gasteiger partial charge < -0.3 is 0 Å². The molecule has 0 bridgehead atoms. The molecule has 0 amide bonds. The van der Waals surface area contributed by atoms with Gasteiger partial charge in [-0.3, -0.25) is 9.48 Å². The second kappa shape index (κ2) is 4.28. The van der Waals surface area contributed by atoms with Crippen LogP contribution in [0.1, 0.15) is 17.3 Å². The molecule has 0 saturated heterocycles. The lowest BCUT2D eigenvalue weighted by atomic mass is 10.2. The maximum atomic E-state index is 10.9. The predicted octanol–water partition coefficient (Wildman–Crippen LogP) is 3.21. The van der Waals surface area contributed by atoms with Crippen molar-refractivity contribution in [1.82, 2.24) is 9.78 Å². The Kier molecular flexibility index (Phi) is 3.02. The van der Waals surface area contributed by atoms with E-state index in [9.17, 15) is 4.79 Å². The fourth-order valence-corrected chi connectivity index (χ4v) is 2.71. The number of thiophene rings is 1. The average molecular weight is 285 g/mol. The highest BCUT2D eigenvalue weighted by molar-refractivity contribution is 9.11. The Hall–Kier alpha value is -0.940. The molecule has 5 heteroatoms. The van der Waals surface area contributed by atoms with Gasteiger partial charge >= 0.3 is 0 Å².